The quantitative estimate of drug-likeness (QED) is 0.606. The molecule has 0 aliphatic carbocycles. The third-order valence-electron chi connectivity index (χ3n) is 4.34. The van der Waals surface area contributed by atoms with Crippen LogP contribution >= 0.6 is 0 Å². The van der Waals surface area contributed by atoms with Crippen molar-refractivity contribution >= 4 is 34.0 Å². The van der Waals surface area contributed by atoms with E-state index in [0.29, 0.717) is 29.8 Å². The summed E-state index contributed by atoms with van der Waals surface area (Å²) < 4.78 is 0. The maximum Gasteiger partial charge on any atom is 0.303 e. The lowest BCUT2D eigenvalue weighted by molar-refractivity contribution is -0.137. The van der Waals surface area contributed by atoms with Gasteiger partial charge < -0.3 is 10.4 Å². The Morgan fingerprint density at radius 3 is 2.59 bits per heavy atom. The van der Waals surface area contributed by atoms with Crippen LogP contribution in [0.25, 0.3) is 15.6 Å². The zero-order chi connectivity index (χ0) is 19.2. The third-order valence-corrected chi connectivity index (χ3v) is 4.34. The number of carbonyl (C=O) groups is 2. The fourth-order valence-corrected chi connectivity index (χ4v) is 3.01. The number of fused-ring (bicyclic) bond motifs is 1. The molecule has 0 unspecified atom stereocenters. The van der Waals surface area contributed by atoms with Gasteiger partial charge >= 0.3 is 5.97 Å². The molecule has 0 radical (unpaired) electrons. The predicted molar refractivity (Wildman–Crippen MR) is 105 cm³/mol. The molecule has 0 atom stereocenters. The molecule has 0 fully saturated rings. The largest absolute Gasteiger partial charge is 0.481 e. The molecule has 0 aromatic heterocycles. The minimum absolute atomic E-state index is 0.0568. The first kappa shape index (κ1) is 18.2. The van der Waals surface area contributed by atoms with Crippen molar-refractivity contribution in [2.75, 3.05) is 5.32 Å². The number of aliphatic carboxylic acids is 1. The molecule has 0 spiro atoms. The van der Waals surface area contributed by atoms with Crippen LogP contribution in [0.5, 0.6) is 0 Å². The molecule has 0 saturated carbocycles. The van der Waals surface area contributed by atoms with Crippen LogP contribution in [0.2, 0.25) is 0 Å². The van der Waals surface area contributed by atoms with Crippen molar-refractivity contribution in [1.29, 1.82) is 0 Å². The normalized spacial score (nSPS) is 10.3. The van der Waals surface area contributed by atoms with E-state index >= 15 is 0 Å². The highest BCUT2D eigenvalue weighted by molar-refractivity contribution is 6.13. The highest BCUT2D eigenvalue weighted by Gasteiger charge is 2.13. The second-order valence-electron chi connectivity index (χ2n) is 6.18. The summed E-state index contributed by atoms with van der Waals surface area (Å²) in [6, 6.07) is 18.3. The van der Waals surface area contributed by atoms with Crippen molar-refractivity contribution in [2.45, 2.75) is 19.3 Å². The summed E-state index contributed by atoms with van der Waals surface area (Å²) in [6.07, 6.45) is 1.03. The third kappa shape index (κ3) is 4.31. The van der Waals surface area contributed by atoms with Crippen LogP contribution in [-0.4, -0.2) is 17.0 Å². The highest BCUT2D eigenvalue weighted by Crippen LogP contribution is 2.26. The molecular formula is C22H18N2O3. The Kier molecular flexibility index (Phi) is 5.48. The van der Waals surface area contributed by atoms with Crippen LogP contribution in [0.15, 0.2) is 60.7 Å². The fourth-order valence-electron chi connectivity index (χ4n) is 3.01. The van der Waals surface area contributed by atoms with Crippen molar-refractivity contribution in [3.05, 3.63) is 83.2 Å². The van der Waals surface area contributed by atoms with Gasteiger partial charge in [0.25, 0.3) is 5.91 Å². The molecule has 134 valence electrons. The maximum absolute atomic E-state index is 12.9. The summed E-state index contributed by atoms with van der Waals surface area (Å²) in [5, 5.41) is 13.6. The van der Waals surface area contributed by atoms with Gasteiger partial charge in [0.05, 0.1) is 6.57 Å². The number of hydrogen-bond donors (Lipinski definition) is 2. The zero-order valence-corrected chi connectivity index (χ0v) is 14.6. The van der Waals surface area contributed by atoms with E-state index in [2.05, 4.69) is 10.2 Å². The van der Waals surface area contributed by atoms with Gasteiger partial charge in [0.15, 0.2) is 5.69 Å². The average Bonchev–Trinajstić information content (AvgIpc) is 2.68. The number of benzene rings is 3. The first-order valence-corrected chi connectivity index (χ1v) is 8.60. The Morgan fingerprint density at radius 2 is 1.81 bits per heavy atom. The number of carboxylic acid groups (broad SMARTS) is 1. The molecule has 0 saturated heterocycles. The highest BCUT2D eigenvalue weighted by atomic mass is 16.4. The number of rotatable bonds is 6. The summed E-state index contributed by atoms with van der Waals surface area (Å²) in [6.45, 7) is 7.19. The minimum atomic E-state index is -0.853. The molecule has 27 heavy (non-hydrogen) atoms. The van der Waals surface area contributed by atoms with E-state index < -0.39 is 5.97 Å². The van der Waals surface area contributed by atoms with Gasteiger partial charge in [-0.15, -0.1) is 0 Å². The van der Waals surface area contributed by atoms with E-state index in [4.69, 9.17) is 11.7 Å². The topological polar surface area (TPSA) is 70.8 Å². The van der Waals surface area contributed by atoms with Gasteiger partial charge in [0.1, 0.15) is 0 Å². The van der Waals surface area contributed by atoms with E-state index in [1.54, 1.807) is 24.3 Å². The van der Waals surface area contributed by atoms with Crippen LogP contribution in [0.3, 0.4) is 0 Å². The van der Waals surface area contributed by atoms with Crippen LogP contribution in [0.1, 0.15) is 28.8 Å². The van der Waals surface area contributed by atoms with Gasteiger partial charge in [-0.2, -0.15) is 0 Å². The number of hydrogen-bond acceptors (Lipinski definition) is 2. The molecule has 5 nitrogen and oxygen atoms in total. The van der Waals surface area contributed by atoms with Crippen molar-refractivity contribution < 1.29 is 14.7 Å². The summed E-state index contributed by atoms with van der Waals surface area (Å²) in [4.78, 5) is 27.0. The summed E-state index contributed by atoms with van der Waals surface area (Å²) in [7, 11) is 0. The monoisotopic (exact) mass is 358 g/mol. The van der Waals surface area contributed by atoms with Crippen molar-refractivity contribution in [3.8, 4) is 0 Å². The number of nitrogens with one attached hydrogen (secondary N) is 1. The van der Waals surface area contributed by atoms with Crippen LogP contribution in [0, 0.1) is 6.57 Å². The molecular weight excluding hydrogens is 340 g/mol. The van der Waals surface area contributed by atoms with Crippen molar-refractivity contribution in [3.63, 3.8) is 0 Å². The first-order valence-electron chi connectivity index (χ1n) is 8.60. The lowest BCUT2D eigenvalue weighted by atomic mass is 10.0. The molecule has 0 aliphatic heterocycles. The number of nitrogens with zero attached hydrogens (tertiary/aromatic N) is 1. The first-order chi connectivity index (χ1) is 13.1. The van der Waals surface area contributed by atoms with E-state index in [9.17, 15) is 9.59 Å². The van der Waals surface area contributed by atoms with Crippen molar-refractivity contribution in [2.24, 2.45) is 0 Å². The lowest BCUT2D eigenvalue weighted by Gasteiger charge is -2.13. The van der Waals surface area contributed by atoms with Crippen molar-refractivity contribution in [1.82, 2.24) is 0 Å². The molecule has 3 aromatic carbocycles. The van der Waals surface area contributed by atoms with Crippen LogP contribution < -0.4 is 5.32 Å². The van der Waals surface area contributed by atoms with Gasteiger partial charge in [-0.25, -0.2) is 4.85 Å². The molecule has 5 heteroatoms. The molecule has 0 aliphatic rings. The Labute approximate surface area is 157 Å². The van der Waals surface area contributed by atoms with E-state index in [1.165, 1.54) is 0 Å². The standard InChI is InChI=1S/C22H18N2O3/c1-23-17-13-12-16(8-5-11-21(25)26)20(14-17)24-22(27)19-10-4-7-15-6-2-3-9-18(15)19/h2-4,6-7,9-10,12-14H,5,8,11H2,(H,24,27)(H,25,26). The molecule has 3 rings (SSSR count). The fraction of sp³-hybridized carbons (Fsp3) is 0.136. The Bertz CT molecular complexity index is 1050. The number of anilines is 1. The SMILES string of the molecule is [C-]#[N+]c1ccc(CCCC(=O)O)c(NC(=O)c2cccc3ccccc23)c1. The maximum atomic E-state index is 12.9. The zero-order valence-electron chi connectivity index (χ0n) is 14.6. The summed E-state index contributed by atoms with van der Waals surface area (Å²) in [5.41, 5.74) is 2.34. The van der Waals surface area contributed by atoms with E-state index in [1.807, 2.05) is 36.4 Å². The molecule has 1 amide bonds. The second-order valence-corrected chi connectivity index (χ2v) is 6.18. The van der Waals surface area contributed by atoms with E-state index in [0.717, 1.165) is 16.3 Å². The summed E-state index contributed by atoms with van der Waals surface area (Å²) in [5.74, 6) is -1.11. The average molecular weight is 358 g/mol. The van der Waals surface area contributed by atoms with Crippen LogP contribution in [0.4, 0.5) is 11.4 Å². The number of carboxylic acids is 1. The number of aryl methyl sites for hydroxylation is 1. The van der Waals surface area contributed by atoms with Crippen LogP contribution in [-0.2, 0) is 11.2 Å². The van der Waals surface area contributed by atoms with Gasteiger partial charge in [-0.3, -0.25) is 9.59 Å². The van der Waals surface area contributed by atoms with Gasteiger partial charge in [0.2, 0.25) is 0 Å². The lowest BCUT2D eigenvalue weighted by Crippen LogP contribution is -2.14. The second kappa shape index (κ2) is 8.15. The summed E-state index contributed by atoms with van der Waals surface area (Å²) >= 11 is 0. The Hall–Kier alpha value is -3.65. The Morgan fingerprint density at radius 1 is 1.04 bits per heavy atom. The molecule has 2 N–H and O–H groups in total. The molecule has 0 bridgehead atoms. The molecule has 3 aromatic rings. The smallest absolute Gasteiger partial charge is 0.303 e. The van der Waals surface area contributed by atoms with Gasteiger partial charge in [-0.1, -0.05) is 48.5 Å². The molecule has 0 heterocycles. The Balaban J connectivity index is 1.90. The van der Waals surface area contributed by atoms with E-state index in [-0.39, 0.29) is 12.3 Å². The predicted octanol–water partition coefficient (Wildman–Crippen LogP) is 5.05. The minimum Gasteiger partial charge on any atom is -0.481 e. The van der Waals surface area contributed by atoms with Gasteiger partial charge in [0, 0.05) is 17.7 Å². The van der Waals surface area contributed by atoms with Gasteiger partial charge in [-0.05, 0) is 41.3 Å². The number of amides is 1. The number of carbonyl (C=O) groups excluding carboxylic acids is 1.